The van der Waals surface area contributed by atoms with Crippen LogP contribution < -0.4 is 10.5 Å². The van der Waals surface area contributed by atoms with Gasteiger partial charge in [0.2, 0.25) is 5.91 Å². The number of aromatic nitrogens is 4. The number of amides is 1. The third-order valence-corrected chi connectivity index (χ3v) is 5.53. The molecule has 1 aliphatic rings. The van der Waals surface area contributed by atoms with Gasteiger partial charge in [0.25, 0.3) is 0 Å². The molecule has 0 radical (unpaired) electrons. The van der Waals surface area contributed by atoms with Crippen molar-refractivity contribution in [1.29, 1.82) is 5.41 Å². The van der Waals surface area contributed by atoms with E-state index in [4.69, 9.17) is 15.9 Å². The summed E-state index contributed by atoms with van der Waals surface area (Å²) >= 11 is 0. The van der Waals surface area contributed by atoms with E-state index in [0.29, 0.717) is 58.9 Å². The number of nitrogens with one attached hydrogen (secondary N) is 3. The summed E-state index contributed by atoms with van der Waals surface area (Å²) in [6.07, 6.45) is 1.82. The average molecular weight is 435 g/mol. The first-order valence-corrected chi connectivity index (χ1v) is 10.4. The quantitative estimate of drug-likeness (QED) is 0.261. The maximum absolute atomic E-state index is 14.1. The molecule has 0 spiro atoms. The monoisotopic (exact) mass is 435 g/mol. The molecule has 1 aliphatic heterocycles. The number of H-pyrrole nitrogens is 2. The molecule has 1 saturated heterocycles. The molecule has 0 aliphatic carbocycles. The summed E-state index contributed by atoms with van der Waals surface area (Å²) in [5.41, 5.74) is 8.75. The largest absolute Gasteiger partial charge is 0.489 e. The van der Waals surface area contributed by atoms with E-state index in [2.05, 4.69) is 19.9 Å². The normalized spacial score (nSPS) is 14.0. The molecule has 2 aromatic carbocycles. The molecular formula is C22H22FN7O2. The number of rotatable bonds is 7. The van der Waals surface area contributed by atoms with Crippen LogP contribution in [0.3, 0.4) is 0 Å². The van der Waals surface area contributed by atoms with Crippen molar-refractivity contribution in [2.75, 3.05) is 19.7 Å². The van der Waals surface area contributed by atoms with Gasteiger partial charge >= 0.3 is 0 Å². The van der Waals surface area contributed by atoms with E-state index in [9.17, 15) is 9.18 Å². The molecule has 4 aromatic rings. The number of nitrogen functional groups attached to an aromatic ring is 1. The first-order valence-electron chi connectivity index (χ1n) is 10.4. The first-order chi connectivity index (χ1) is 15.5. The summed E-state index contributed by atoms with van der Waals surface area (Å²) in [5, 5.41) is 7.57. The number of carbonyl (C=O) groups is 1. The number of aromatic amines is 2. The number of nitrogens with two attached hydrogens (primary N) is 1. The Labute approximate surface area is 182 Å². The predicted octanol–water partition coefficient (Wildman–Crippen LogP) is 2.45. The molecular weight excluding hydrogens is 413 g/mol. The van der Waals surface area contributed by atoms with E-state index in [1.165, 1.54) is 12.1 Å². The van der Waals surface area contributed by atoms with E-state index in [0.717, 1.165) is 18.5 Å². The van der Waals surface area contributed by atoms with Crippen LogP contribution in [0.25, 0.3) is 22.1 Å². The van der Waals surface area contributed by atoms with Crippen LogP contribution in [0.4, 0.5) is 4.39 Å². The van der Waals surface area contributed by atoms with Crippen LogP contribution in [0.15, 0.2) is 30.3 Å². The highest BCUT2D eigenvalue weighted by atomic mass is 19.1. The number of imidazole rings is 2. The Balaban J connectivity index is 1.36. The Kier molecular flexibility index (Phi) is 4.96. The maximum atomic E-state index is 14.1. The van der Waals surface area contributed by atoms with Gasteiger partial charge in [0.15, 0.2) is 0 Å². The smallest absolute Gasteiger partial charge is 0.222 e. The number of hydrogen-bond donors (Lipinski definition) is 4. The summed E-state index contributed by atoms with van der Waals surface area (Å²) in [5.74, 6) is 1.30. The van der Waals surface area contributed by atoms with Gasteiger partial charge in [-0.25, -0.2) is 14.4 Å². The van der Waals surface area contributed by atoms with Gasteiger partial charge in [-0.05, 0) is 30.7 Å². The third-order valence-electron chi connectivity index (χ3n) is 5.53. The van der Waals surface area contributed by atoms with Crippen molar-refractivity contribution in [3.05, 3.63) is 53.4 Å². The molecule has 2 aromatic heterocycles. The molecule has 1 fully saturated rings. The van der Waals surface area contributed by atoms with Crippen LogP contribution in [0.2, 0.25) is 0 Å². The lowest BCUT2D eigenvalue weighted by atomic mass is 10.2. The number of hydrogen-bond acceptors (Lipinski definition) is 5. The molecule has 32 heavy (non-hydrogen) atoms. The number of ether oxygens (including phenoxy) is 1. The first kappa shape index (κ1) is 20.0. The minimum atomic E-state index is -0.430. The lowest BCUT2D eigenvalue weighted by Crippen LogP contribution is -2.29. The van der Waals surface area contributed by atoms with Crippen LogP contribution in [0.5, 0.6) is 5.75 Å². The van der Waals surface area contributed by atoms with Crippen molar-refractivity contribution in [3.8, 4) is 5.75 Å². The Morgan fingerprint density at radius 1 is 1.19 bits per heavy atom. The fourth-order valence-corrected chi connectivity index (χ4v) is 3.97. The number of likely N-dealkylation sites (tertiary alicyclic amines) is 1. The second-order valence-corrected chi connectivity index (χ2v) is 7.82. The lowest BCUT2D eigenvalue weighted by Gasteiger charge is -2.15. The van der Waals surface area contributed by atoms with E-state index in [1.54, 1.807) is 17.0 Å². The van der Waals surface area contributed by atoms with Gasteiger partial charge in [-0.15, -0.1) is 0 Å². The van der Waals surface area contributed by atoms with Crippen LogP contribution in [-0.4, -0.2) is 56.3 Å². The minimum Gasteiger partial charge on any atom is -0.489 e. The number of fused-ring (bicyclic) bond motifs is 2. The van der Waals surface area contributed by atoms with Crippen molar-refractivity contribution in [2.24, 2.45) is 5.73 Å². The fraction of sp³-hybridized carbons (Fsp3) is 0.273. The third kappa shape index (κ3) is 3.86. The number of amidine groups is 1. The highest BCUT2D eigenvalue weighted by Gasteiger charge is 2.20. The number of carbonyl (C=O) groups excluding carboxylic acids is 1. The summed E-state index contributed by atoms with van der Waals surface area (Å²) in [4.78, 5) is 29.0. The van der Waals surface area contributed by atoms with E-state index >= 15 is 0 Å². The Morgan fingerprint density at radius 3 is 2.78 bits per heavy atom. The molecule has 0 saturated carbocycles. The summed E-state index contributed by atoms with van der Waals surface area (Å²) < 4.78 is 19.9. The summed E-state index contributed by atoms with van der Waals surface area (Å²) in [6.45, 7) is 1.47. The average Bonchev–Trinajstić information content (AvgIpc) is 3.45. The molecule has 9 nitrogen and oxygen atoms in total. The zero-order valence-corrected chi connectivity index (χ0v) is 17.2. The second kappa shape index (κ2) is 7.95. The standard InChI is InChI=1S/C22H22FN7O2/c23-13-9-16-21(17(10-13)32-7-6-30-5-1-2-20(30)31)29-19(28-16)11-18-26-14-4-3-12(22(24)25)8-15(14)27-18/h3-4,8-10H,1-2,5-7,11H2,(H3,24,25)(H,26,27)(H,28,29). The fourth-order valence-electron chi connectivity index (χ4n) is 3.97. The highest BCUT2D eigenvalue weighted by Crippen LogP contribution is 2.26. The Morgan fingerprint density at radius 2 is 2.00 bits per heavy atom. The van der Waals surface area contributed by atoms with Crippen molar-refractivity contribution in [3.63, 3.8) is 0 Å². The lowest BCUT2D eigenvalue weighted by molar-refractivity contribution is -0.128. The Hall–Kier alpha value is -3.95. The van der Waals surface area contributed by atoms with Crippen molar-refractivity contribution < 1.29 is 13.9 Å². The van der Waals surface area contributed by atoms with Crippen LogP contribution in [0, 0.1) is 11.2 Å². The molecule has 164 valence electrons. The molecule has 5 N–H and O–H groups in total. The van der Waals surface area contributed by atoms with Gasteiger partial charge in [0, 0.05) is 24.6 Å². The topological polar surface area (TPSA) is 137 Å². The zero-order chi connectivity index (χ0) is 22.2. The Bertz CT molecular complexity index is 1340. The van der Waals surface area contributed by atoms with E-state index in [1.807, 2.05) is 6.07 Å². The molecule has 0 bridgehead atoms. The molecule has 0 unspecified atom stereocenters. The van der Waals surface area contributed by atoms with Gasteiger partial charge in [-0.2, -0.15) is 0 Å². The number of benzene rings is 2. The van der Waals surface area contributed by atoms with Gasteiger partial charge in [0.1, 0.15) is 41.2 Å². The molecule has 3 heterocycles. The maximum Gasteiger partial charge on any atom is 0.222 e. The van der Waals surface area contributed by atoms with Crippen LogP contribution in [-0.2, 0) is 11.2 Å². The number of halogens is 1. The highest BCUT2D eigenvalue weighted by molar-refractivity contribution is 5.97. The van der Waals surface area contributed by atoms with Gasteiger partial charge in [-0.1, -0.05) is 0 Å². The van der Waals surface area contributed by atoms with Crippen LogP contribution in [0.1, 0.15) is 30.1 Å². The van der Waals surface area contributed by atoms with Crippen molar-refractivity contribution in [2.45, 2.75) is 19.3 Å². The number of nitrogens with zero attached hydrogens (tertiary/aromatic N) is 3. The van der Waals surface area contributed by atoms with E-state index < -0.39 is 5.82 Å². The predicted molar refractivity (Wildman–Crippen MR) is 117 cm³/mol. The molecule has 0 atom stereocenters. The van der Waals surface area contributed by atoms with Crippen molar-refractivity contribution >= 4 is 33.8 Å². The van der Waals surface area contributed by atoms with E-state index in [-0.39, 0.29) is 18.3 Å². The summed E-state index contributed by atoms with van der Waals surface area (Å²) in [7, 11) is 0. The molecule has 5 rings (SSSR count). The van der Waals surface area contributed by atoms with Crippen LogP contribution >= 0.6 is 0 Å². The van der Waals surface area contributed by atoms with Gasteiger partial charge < -0.3 is 25.3 Å². The van der Waals surface area contributed by atoms with Crippen molar-refractivity contribution in [1.82, 2.24) is 24.8 Å². The molecule has 10 heteroatoms. The zero-order valence-electron chi connectivity index (χ0n) is 17.2. The summed E-state index contributed by atoms with van der Waals surface area (Å²) in [6, 6.07) is 8.02. The molecule has 1 amide bonds. The van der Waals surface area contributed by atoms with Gasteiger partial charge in [0.05, 0.1) is 29.5 Å². The SMILES string of the molecule is N=C(N)c1ccc2[nH]c(Cc3nc4c(OCCN5CCCC5=O)cc(F)cc4[nH]3)nc2c1. The second-order valence-electron chi connectivity index (χ2n) is 7.82. The minimum absolute atomic E-state index is 0.0163. The van der Waals surface area contributed by atoms with Gasteiger partial charge in [-0.3, -0.25) is 10.2 Å².